The molecule has 1 fully saturated rings. The van der Waals surface area contributed by atoms with Crippen LogP contribution in [0.1, 0.15) is 37.0 Å². The molecule has 0 radical (unpaired) electrons. The number of hydrogen-bond acceptors (Lipinski definition) is 3. The van der Waals surface area contributed by atoms with E-state index in [0.717, 1.165) is 23.2 Å². The summed E-state index contributed by atoms with van der Waals surface area (Å²) in [5, 5.41) is 2.97. The van der Waals surface area contributed by atoms with Crippen LogP contribution in [0.25, 0.3) is 0 Å². The first-order chi connectivity index (χ1) is 13.6. The van der Waals surface area contributed by atoms with Crippen molar-refractivity contribution in [1.29, 1.82) is 0 Å². The maximum Gasteiger partial charge on any atom is 0.227 e. The minimum absolute atomic E-state index is 0.00804. The molecule has 5 heteroatoms. The van der Waals surface area contributed by atoms with Crippen LogP contribution in [-0.2, 0) is 33.9 Å². The van der Waals surface area contributed by atoms with E-state index in [2.05, 4.69) is 12.2 Å². The van der Waals surface area contributed by atoms with Crippen molar-refractivity contribution in [1.82, 2.24) is 5.32 Å². The van der Waals surface area contributed by atoms with Gasteiger partial charge in [-0.3, -0.25) is 9.59 Å². The maximum atomic E-state index is 12.6. The summed E-state index contributed by atoms with van der Waals surface area (Å²) in [7, 11) is 0. The van der Waals surface area contributed by atoms with E-state index in [4.69, 9.17) is 4.74 Å². The van der Waals surface area contributed by atoms with E-state index in [1.54, 1.807) is 4.90 Å². The number of carbonyl (C=O) groups is 2. The van der Waals surface area contributed by atoms with Crippen molar-refractivity contribution in [3.05, 3.63) is 65.2 Å². The molecule has 5 nitrogen and oxygen atoms in total. The summed E-state index contributed by atoms with van der Waals surface area (Å²) < 4.78 is 5.39. The second-order valence-electron chi connectivity index (χ2n) is 7.10. The molecule has 0 saturated carbocycles. The van der Waals surface area contributed by atoms with Crippen molar-refractivity contribution >= 4 is 17.5 Å². The lowest BCUT2D eigenvalue weighted by molar-refractivity contribution is -0.126. The van der Waals surface area contributed by atoms with Gasteiger partial charge < -0.3 is 15.0 Å². The van der Waals surface area contributed by atoms with Crippen LogP contribution in [0.3, 0.4) is 0 Å². The lowest BCUT2D eigenvalue weighted by Crippen LogP contribution is -2.32. The zero-order valence-electron chi connectivity index (χ0n) is 16.6. The van der Waals surface area contributed by atoms with E-state index in [1.807, 2.05) is 55.5 Å². The van der Waals surface area contributed by atoms with Gasteiger partial charge in [-0.2, -0.15) is 0 Å². The Morgan fingerprint density at radius 3 is 2.57 bits per heavy atom. The number of hydrogen-bond donors (Lipinski definition) is 1. The molecule has 0 aromatic heterocycles. The van der Waals surface area contributed by atoms with Gasteiger partial charge in [0.15, 0.2) is 0 Å². The minimum atomic E-state index is -0.310. The minimum Gasteiger partial charge on any atom is -0.377 e. The van der Waals surface area contributed by atoms with Gasteiger partial charge in [-0.15, -0.1) is 0 Å². The summed E-state index contributed by atoms with van der Waals surface area (Å²) in [5.74, 6) is -0.371. The highest BCUT2D eigenvalue weighted by molar-refractivity contribution is 6.00. The number of anilines is 1. The lowest BCUT2D eigenvalue weighted by atomic mass is 10.1. The maximum absolute atomic E-state index is 12.6. The first-order valence-corrected chi connectivity index (χ1v) is 9.93. The molecular weight excluding hydrogens is 352 g/mol. The first-order valence-electron chi connectivity index (χ1n) is 9.93. The van der Waals surface area contributed by atoms with Crippen LogP contribution in [0.2, 0.25) is 0 Å². The third-order valence-corrected chi connectivity index (χ3v) is 5.09. The van der Waals surface area contributed by atoms with Gasteiger partial charge in [0.25, 0.3) is 0 Å². The second-order valence-corrected chi connectivity index (χ2v) is 7.10. The predicted molar refractivity (Wildman–Crippen MR) is 110 cm³/mol. The Kier molecular flexibility index (Phi) is 6.82. The monoisotopic (exact) mass is 380 g/mol. The summed E-state index contributed by atoms with van der Waals surface area (Å²) in [6.07, 6.45) is 1.18. The number of rotatable bonds is 8. The molecule has 2 aromatic rings. The van der Waals surface area contributed by atoms with E-state index in [0.29, 0.717) is 26.3 Å². The smallest absolute Gasteiger partial charge is 0.227 e. The normalized spacial score (nSPS) is 16.4. The Morgan fingerprint density at radius 1 is 1.11 bits per heavy atom. The highest BCUT2D eigenvalue weighted by Gasteiger charge is 2.35. The van der Waals surface area contributed by atoms with Crippen LogP contribution < -0.4 is 10.2 Å². The fourth-order valence-corrected chi connectivity index (χ4v) is 3.38. The molecule has 2 amide bonds. The summed E-state index contributed by atoms with van der Waals surface area (Å²) in [4.78, 5) is 26.7. The van der Waals surface area contributed by atoms with E-state index in [-0.39, 0.29) is 24.2 Å². The highest BCUT2D eigenvalue weighted by Crippen LogP contribution is 2.26. The Balaban J connectivity index is 1.54. The van der Waals surface area contributed by atoms with Crippen LogP contribution in [0, 0.1) is 5.92 Å². The molecule has 0 aliphatic carbocycles. The average Bonchev–Trinajstić information content (AvgIpc) is 3.13. The van der Waals surface area contributed by atoms with Gasteiger partial charge in [0.1, 0.15) is 0 Å². The Hall–Kier alpha value is -2.66. The van der Waals surface area contributed by atoms with Crippen molar-refractivity contribution in [2.24, 2.45) is 5.92 Å². The highest BCUT2D eigenvalue weighted by atomic mass is 16.5. The first kappa shape index (κ1) is 20.1. The van der Waals surface area contributed by atoms with Crippen molar-refractivity contribution in [2.75, 3.05) is 18.1 Å². The lowest BCUT2D eigenvalue weighted by Gasteiger charge is -2.17. The van der Waals surface area contributed by atoms with Gasteiger partial charge in [0.2, 0.25) is 11.8 Å². The fourth-order valence-electron chi connectivity index (χ4n) is 3.38. The zero-order valence-corrected chi connectivity index (χ0v) is 16.6. The van der Waals surface area contributed by atoms with Gasteiger partial charge in [-0.05, 0) is 42.2 Å². The molecule has 1 atom stereocenters. The molecular formula is C23H28N2O3. The van der Waals surface area contributed by atoms with E-state index >= 15 is 0 Å². The summed E-state index contributed by atoms with van der Waals surface area (Å²) in [5.41, 5.74) is 4.21. The van der Waals surface area contributed by atoms with Gasteiger partial charge >= 0.3 is 0 Å². The molecule has 1 N–H and O–H groups in total. The Bertz CT molecular complexity index is 817. The number of amides is 2. The van der Waals surface area contributed by atoms with Crippen LogP contribution in [0.4, 0.5) is 5.69 Å². The Labute approximate surface area is 166 Å². The zero-order chi connectivity index (χ0) is 19.9. The number of ether oxygens (including phenoxy) is 1. The topological polar surface area (TPSA) is 58.6 Å². The van der Waals surface area contributed by atoms with Crippen molar-refractivity contribution in [3.8, 4) is 0 Å². The predicted octanol–water partition coefficient (Wildman–Crippen LogP) is 3.45. The van der Waals surface area contributed by atoms with Gasteiger partial charge in [0.05, 0.1) is 12.5 Å². The van der Waals surface area contributed by atoms with E-state index in [9.17, 15) is 9.59 Å². The molecule has 1 saturated heterocycles. The molecule has 1 aliphatic rings. The van der Waals surface area contributed by atoms with Gasteiger partial charge in [-0.25, -0.2) is 0 Å². The van der Waals surface area contributed by atoms with Crippen LogP contribution in [0.15, 0.2) is 48.5 Å². The quantitative estimate of drug-likeness (QED) is 0.763. The van der Waals surface area contributed by atoms with E-state index in [1.165, 1.54) is 5.56 Å². The van der Waals surface area contributed by atoms with E-state index < -0.39 is 0 Å². The SMILES string of the molecule is CCOCc1ccc(CNC(=O)C2CC(=O)N(c3cccc(CC)c3)C2)cc1. The third-order valence-electron chi connectivity index (χ3n) is 5.09. The number of benzene rings is 2. The molecule has 0 bridgehead atoms. The molecule has 148 valence electrons. The number of nitrogens with zero attached hydrogens (tertiary/aromatic N) is 1. The van der Waals surface area contributed by atoms with Crippen molar-refractivity contribution < 1.29 is 14.3 Å². The van der Waals surface area contributed by atoms with Crippen LogP contribution in [-0.4, -0.2) is 25.0 Å². The standard InChI is InChI=1S/C23H28N2O3/c1-3-17-6-5-7-21(12-17)25-15-20(13-22(25)26)23(27)24-14-18-8-10-19(11-9-18)16-28-4-2/h5-12,20H,3-4,13-16H2,1-2H3,(H,24,27). The molecule has 3 rings (SSSR count). The fraction of sp³-hybridized carbons (Fsp3) is 0.391. The van der Waals surface area contributed by atoms with Crippen molar-refractivity contribution in [3.63, 3.8) is 0 Å². The summed E-state index contributed by atoms with van der Waals surface area (Å²) >= 11 is 0. The van der Waals surface area contributed by atoms with Crippen LogP contribution >= 0.6 is 0 Å². The average molecular weight is 380 g/mol. The third kappa shape index (κ3) is 4.98. The van der Waals surface area contributed by atoms with Crippen LogP contribution in [0.5, 0.6) is 0 Å². The molecule has 2 aromatic carbocycles. The number of carbonyl (C=O) groups excluding carboxylic acids is 2. The molecule has 1 heterocycles. The van der Waals surface area contributed by atoms with Gasteiger partial charge in [-0.1, -0.05) is 43.3 Å². The molecule has 1 aliphatic heterocycles. The number of aryl methyl sites for hydroxylation is 1. The summed E-state index contributed by atoms with van der Waals surface area (Å²) in [6, 6.07) is 16.0. The second kappa shape index (κ2) is 9.51. The molecule has 1 unspecified atom stereocenters. The summed E-state index contributed by atoms with van der Waals surface area (Å²) in [6.45, 7) is 6.25. The largest absolute Gasteiger partial charge is 0.377 e. The molecule has 0 spiro atoms. The Morgan fingerprint density at radius 2 is 1.86 bits per heavy atom. The van der Waals surface area contributed by atoms with Gasteiger partial charge in [0, 0.05) is 31.8 Å². The molecule has 28 heavy (non-hydrogen) atoms. The van der Waals surface area contributed by atoms with Crippen molar-refractivity contribution in [2.45, 2.75) is 39.8 Å². The number of nitrogens with one attached hydrogen (secondary N) is 1.